The van der Waals surface area contributed by atoms with Crippen LogP contribution in [0.4, 0.5) is 5.69 Å². The molecule has 32 heavy (non-hydrogen) atoms. The average Bonchev–Trinajstić information content (AvgIpc) is 3.35. The summed E-state index contributed by atoms with van der Waals surface area (Å²) in [6, 6.07) is 26.5. The van der Waals surface area contributed by atoms with E-state index in [-0.39, 0.29) is 11.5 Å². The fourth-order valence-electron chi connectivity index (χ4n) is 4.22. The number of thiazole rings is 1. The molecule has 1 N–H and O–H groups in total. The second-order valence-corrected chi connectivity index (χ2v) is 8.51. The Kier molecular flexibility index (Phi) is 4.22. The van der Waals surface area contributed by atoms with Gasteiger partial charge in [0, 0.05) is 16.8 Å². The molecule has 7 heteroatoms. The van der Waals surface area contributed by atoms with E-state index in [2.05, 4.69) is 15.5 Å². The van der Waals surface area contributed by atoms with E-state index in [9.17, 15) is 9.59 Å². The van der Waals surface area contributed by atoms with Crippen LogP contribution in [0.5, 0.6) is 0 Å². The lowest BCUT2D eigenvalue weighted by molar-refractivity contribution is -0.110. The van der Waals surface area contributed by atoms with Crippen molar-refractivity contribution in [3.63, 3.8) is 0 Å². The minimum atomic E-state index is -0.441. The first-order valence-corrected chi connectivity index (χ1v) is 11.0. The van der Waals surface area contributed by atoms with Gasteiger partial charge in [-0.2, -0.15) is 0 Å². The van der Waals surface area contributed by atoms with Crippen LogP contribution in [0.1, 0.15) is 22.7 Å². The summed E-state index contributed by atoms with van der Waals surface area (Å²) in [5.41, 5.74) is 4.10. The van der Waals surface area contributed by atoms with Crippen LogP contribution in [0.15, 0.2) is 99.9 Å². The number of anilines is 1. The second-order valence-electron chi connectivity index (χ2n) is 7.53. The van der Waals surface area contributed by atoms with Crippen molar-refractivity contribution in [1.29, 1.82) is 0 Å². The van der Waals surface area contributed by atoms with Crippen molar-refractivity contribution in [2.75, 3.05) is 5.32 Å². The molecule has 154 valence electrons. The van der Waals surface area contributed by atoms with Crippen LogP contribution in [0.2, 0.25) is 0 Å². The molecule has 0 saturated carbocycles. The van der Waals surface area contributed by atoms with E-state index in [1.807, 2.05) is 84.9 Å². The normalized spacial score (nSPS) is 18.3. The number of hydrogen-bond donors (Lipinski definition) is 1. The fourth-order valence-corrected chi connectivity index (χ4v) is 5.26. The van der Waals surface area contributed by atoms with Gasteiger partial charge in [-0.15, -0.1) is 10.2 Å². The fraction of sp³-hybridized carbons (Fsp3) is 0.0400. The Balaban J connectivity index is 1.65. The molecular formula is C25H16N4O2S. The topological polar surface area (TPSA) is 75.8 Å². The Bertz CT molecular complexity index is 1580. The zero-order valence-electron chi connectivity index (χ0n) is 16.7. The number of benzene rings is 3. The molecule has 1 atom stereocenters. The highest BCUT2D eigenvalue weighted by Crippen LogP contribution is 2.29. The summed E-state index contributed by atoms with van der Waals surface area (Å²) in [5.74, 6) is -0.275. The number of hydrogen-bond acceptors (Lipinski definition) is 5. The van der Waals surface area contributed by atoms with Crippen LogP contribution in [-0.2, 0) is 4.79 Å². The quantitative estimate of drug-likeness (QED) is 0.525. The van der Waals surface area contributed by atoms with E-state index < -0.39 is 6.04 Å². The number of fused-ring (bicyclic) bond motifs is 2. The molecular weight excluding hydrogens is 420 g/mol. The summed E-state index contributed by atoms with van der Waals surface area (Å²) in [5, 5.41) is 11.8. The van der Waals surface area contributed by atoms with Crippen molar-refractivity contribution >= 4 is 34.2 Å². The maximum absolute atomic E-state index is 13.8. The lowest BCUT2D eigenvalue weighted by atomic mass is 9.96. The highest BCUT2D eigenvalue weighted by molar-refractivity contribution is 7.07. The minimum absolute atomic E-state index is 0.243. The van der Waals surface area contributed by atoms with Gasteiger partial charge >= 0.3 is 0 Å². The molecule has 0 aliphatic carbocycles. The smallest absolute Gasteiger partial charge is 0.272 e. The average molecular weight is 436 g/mol. The molecule has 2 aliphatic heterocycles. The number of para-hydroxylation sites is 1. The first kappa shape index (κ1) is 18.7. The predicted octanol–water partition coefficient (Wildman–Crippen LogP) is 2.69. The molecule has 6 rings (SSSR count). The number of rotatable bonds is 2. The highest BCUT2D eigenvalue weighted by atomic mass is 32.1. The van der Waals surface area contributed by atoms with Gasteiger partial charge in [0.2, 0.25) is 4.80 Å². The second kappa shape index (κ2) is 7.25. The van der Waals surface area contributed by atoms with Gasteiger partial charge in [0.15, 0.2) is 0 Å². The summed E-state index contributed by atoms with van der Waals surface area (Å²) >= 11 is 1.20. The van der Waals surface area contributed by atoms with Gasteiger partial charge in [0.05, 0.1) is 11.3 Å². The molecule has 0 radical (unpaired) electrons. The van der Waals surface area contributed by atoms with E-state index in [0.717, 1.165) is 16.7 Å². The number of nitrogens with one attached hydrogen (secondary N) is 1. The molecule has 6 nitrogen and oxygen atoms in total. The summed E-state index contributed by atoms with van der Waals surface area (Å²) in [6.45, 7) is 0. The summed E-state index contributed by atoms with van der Waals surface area (Å²) in [7, 11) is 0. The third-order valence-corrected chi connectivity index (χ3v) is 6.70. The van der Waals surface area contributed by atoms with Crippen molar-refractivity contribution in [2.45, 2.75) is 6.04 Å². The zero-order valence-corrected chi connectivity index (χ0v) is 17.5. The first-order chi connectivity index (χ1) is 15.7. The SMILES string of the molecule is O=C1Nc2ccccc2/C1=c1/sc2n(c1=O)C(c1ccccc1)C(c1ccccc1)=NN=2. The monoisotopic (exact) mass is 436 g/mol. The van der Waals surface area contributed by atoms with Crippen LogP contribution in [0, 0.1) is 0 Å². The van der Waals surface area contributed by atoms with Crippen LogP contribution in [-0.4, -0.2) is 16.2 Å². The molecule has 0 saturated heterocycles. The van der Waals surface area contributed by atoms with Crippen molar-refractivity contribution in [3.8, 4) is 0 Å². The van der Waals surface area contributed by atoms with Crippen LogP contribution in [0.3, 0.4) is 0 Å². The van der Waals surface area contributed by atoms with Gasteiger partial charge in [0.25, 0.3) is 11.5 Å². The van der Waals surface area contributed by atoms with Crippen molar-refractivity contribution < 1.29 is 4.79 Å². The summed E-state index contributed by atoms with van der Waals surface area (Å²) < 4.78 is 2.03. The Morgan fingerprint density at radius 2 is 1.50 bits per heavy atom. The van der Waals surface area contributed by atoms with Gasteiger partial charge in [-0.05, 0) is 11.6 Å². The maximum Gasteiger partial charge on any atom is 0.272 e. The molecule has 4 aromatic rings. The van der Waals surface area contributed by atoms with Crippen molar-refractivity contribution in [1.82, 2.24) is 4.57 Å². The number of carbonyl (C=O) groups is 1. The molecule has 3 aromatic carbocycles. The number of amides is 1. The largest absolute Gasteiger partial charge is 0.321 e. The number of aromatic nitrogens is 1. The number of nitrogens with zero attached hydrogens (tertiary/aromatic N) is 3. The van der Waals surface area contributed by atoms with Gasteiger partial charge in [0.1, 0.15) is 10.6 Å². The molecule has 1 unspecified atom stereocenters. The summed E-state index contributed by atoms with van der Waals surface area (Å²) in [4.78, 5) is 27.0. The standard InChI is InChI=1S/C25H16N4O2S/c30-23-19(17-13-7-8-14-18(17)26-23)22-24(31)29-21(16-11-5-2-6-12-16)20(27-28-25(29)32-22)15-9-3-1-4-10-15/h1-14,21H,(H,26,30)/b22-19-. The lowest BCUT2D eigenvalue weighted by Crippen LogP contribution is -2.41. The summed E-state index contributed by atoms with van der Waals surface area (Å²) in [6.07, 6.45) is 0. The Morgan fingerprint density at radius 1 is 0.812 bits per heavy atom. The highest BCUT2D eigenvalue weighted by Gasteiger charge is 2.31. The Hall–Kier alpha value is -4.10. The van der Waals surface area contributed by atoms with Crippen LogP contribution in [0.25, 0.3) is 5.57 Å². The Morgan fingerprint density at radius 3 is 2.28 bits per heavy atom. The molecule has 0 spiro atoms. The van der Waals surface area contributed by atoms with E-state index in [4.69, 9.17) is 0 Å². The molecule has 3 heterocycles. The van der Waals surface area contributed by atoms with E-state index in [1.54, 1.807) is 4.57 Å². The third-order valence-electron chi connectivity index (χ3n) is 5.66. The lowest BCUT2D eigenvalue weighted by Gasteiger charge is -2.22. The molecule has 0 bridgehead atoms. The predicted molar refractivity (Wildman–Crippen MR) is 125 cm³/mol. The van der Waals surface area contributed by atoms with Crippen LogP contribution < -0.4 is 20.2 Å². The molecule has 0 fully saturated rings. The zero-order chi connectivity index (χ0) is 21.7. The van der Waals surface area contributed by atoms with Crippen molar-refractivity contribution in [2.24, 2.45) is 10.2 Å². The van der Waals surface area contributed by atoms with E-state index in [0.29, 0.717) is 26.3 Å². The van der Waals surface area contributed by atoms with Crippen LogP contribution >= 0.6 is 11.3 Å². The van der Waals surface area contributed by atoms with Gasteiger partial charge in [-0.3, -0.25) is 14.2 Å². The Labute approximate surface area is 186 Å². The first-order valence-electron chi connectivity index (χ1n) is 10.1. The molecule has 2 aliphatic rings. The number of carbonyl (C=O) groups excluding carboxylic acids is 1. The van der Waals surface area contributed by atoms with Crippen molar-refractivity contribution in [3.05, 3.63) is 121 Å². The van der Waals surface area contributed by atoms with Gasteiger partial charge < -0.3 is 5.32 Å². The minimum Gasteiger partial charge on any atom is -0.321 e. The van der Waals surface area contributed by atoms with Gasteiger partial charge in [-0.25, -0.2) is 0 Å². The van der Waals surface area contributed by atoms with E-state index >= 15 is 0 Å². The van der Waals surface area contributed by atoms with Gasteiger partial charge in [-0.1, -0.05) is 90.2 Å². The molecule has 1 aromatic heterocycles. The molecule has 1 amide bonds. The van der Waals surface area contributed by atoms with E-state index in [1.165, 1.54) is 11.3 Å². The maximum atomic E-state index is 13.8. The third kappa shape index (κ3) is 2.79.